The second-order valence-corrected chi connectivity index (χ2v) is 13.8. The summed E-state index contributed by atoms with van der Waals surface area (Å²) < 4.78 is 0. The maximum Gasteiger partial charge on any atom is 0.118 e. The number of fused-ring (bicyclic) bond motifs is 18. The molecule has 0 spiro atoms. The third kappa shape index (κ3) is 2.43. The van der Waals surface area contributed by atoms with Crippen molar-refractivity contribution in [2.24, 2.45) is 82.9 Å². The van der Waals surface area contributed by atoms with E-state index < -0.39 is 0 Å². The zero-order chi connectivity index (χ0) is 22.1. The zero-order valence-electron chi connectivity index (χ0n) is 20.2. The summed E-state index contributed by atoms with van der Waals surface area (Å²) in [5, 5.41) is 10.4. The van der Waals surface area contributed by atoms with E-state index in [9.17, 15) is 5.11 Å². The first-order chi connectivity index (χ1) is 16.7. The highest BCUT2D eigenvalue weighted by atomic mass is 16.3. The number of phenols is 1. The molecule has 1 aromatic rings. The van der Waals surface area contributed by atoms with Crippen molar-refractivity contribution in [3.05, 3.63) is 65.8 Å². The van der Waals surface area contributed by atoms with Gasteiger partial charge in [-0.25, -0.2) is 0 Å². The molecule has 0 amide bonds. The Labute approximate surface area is 204 Å². The van der Waals surface area contributed by atoms with Crippen LogP contribution < -0.4 is 0 Å². The molecule has 8 aliphatic rings. The standard InChI is InChI=1S/C33H38O/c34-29-4-2-1-3-19(29)11-22-13-25-16-28(22)33-27-15-24(31(25)33)10-18(27)6-5-17-9-23-14-26(17)32-21-8-7-20(12-21)30(23)32/h1-8,10,17,20-28,30-34H,9,11-16H2/b6-5+. The van der Waals surface area contributed by atoms with E-state index in [4.69, 9.17) is 0 Å². The highest BCUT2D eigenvalue weighted by Gasteiger charge is 2.63. The Morgan fingerprint density at radius 3 is 2.47 bits per heavy atom. The Hall–Kier alpha value is -1.76. The summed E-state index contributed by atoms with van der Waals surface area (Å²) in [5.41, 5.74) is 2.91. The van der Waals surface area contributed by atoms with Gasteiger partial charge in [-0.15, -0.1) is 0 Å². The van der Waals surface area contributed by atoms with Crippen LogP contribution in [-0.2, 0) is 6.42 Å². The van der Waals surface area contributed by atoms with Crippen LogP contribution in [0.4, 0.5) is 0 Å². The summed E-state index contributed by atoms with van der Waals surface area (Å²) >= 11 is 0. The fourth-order valence-corrected chi connectivity index (χ4v) is 12.2. The van der Waals surface area contributed by atoms with Gasteiger partial charge in [-0.1, -0.05) is 48.6 Å². The fraction of sp³-hybridized carbons (Fsp3) is 0.636. The number of rotatable bonds is 4. The lowest BCUT2D eigenvalue weighted by atomic mass is 9.66. The molecule has 34 heavy (non-hydrogen) atoms. The van der Waals surface area contributed by atoms with Crippen LogP contribution in [0, 0.1) is 82.9 Å². The minimum atomic E-state index is 0.511. The normalized spacial score (nSPS) is 54.5. The van der Waals surface area contributed by atoms with Crippen molar-refractivity contribution in [1.29, 1.82) is 0 Å². The molecule has 8 aliphatic carbocycles. The fourth-order valence-electron chi connectivity index (χ4n) is 12.2. The van der Waals surface area contributed by atoms with Gasteiger partial charge < -0.3 is 5.11 Å². The molecule has 14 atom stereocenters. The van der Waals surface area contributed by atoms with Crippen molar-refractivity contribution in [2.75, 3.05) is 0 Å². The van der Waals surface area contributed by atoms with E-state index in [2.05, 4.69) is 42.5 Å². The van der Waals surface area contributed by atoms with E-state index in [1.807, 2.05) is 12.1 Å². The summed E-state index contributed by atoms with van der Waals surface area (Å²) in [6.45, 7) is 0. The van der Waals surface area contributed by atoms with E-state index in [1.165, 1.54) is 44.1 Å². The number of benzene rings is 1. The highest BCUT2D eigenvalue weighted by molar-refractivity contribution is 5.37. The maximum atomic E-state index is 10.4. The molecule has 0 aliphatic heterocycles. The number of hydrogen-bond donors (Lipinski definition) is 1. The first-order valence-electron chi connectivity index (χ1n) is 14.6. The van der Waals surface area contributed by atoms with Gasteiger partial charge in [-0.2, -0.15) is 0 Å². The van der Waals surface area contributed by atoms with E-state index >= 15 is 0 Å². The van der Waals surface area contributed by atoms with Gasteiger partial charge in [0.15, 0.2) is 0 Å². The molecule has 1 N–H and O–H groups in total. The molecule has 9 rings (SSSR count). The van der Waals surface area contributed by atoms with Gasteiger partial charge in [0.1, 0.15) is 5.75 Å². The van der Waals surface area contributed by atoms with Gasteiger partial charge in [0.25, 0.3) is 0 Å². The van der Waals surface area contributed by atoms with E-state index in [0.717, 1.165) is 89.3 Å². The SMILES string of the molecule is Oc1ccccc1CC1CC2CC1C1C3CC(C=C3/C=C/C3CC4CC3C3C5C=CC(C5)C43)C21. The molecule has 0 radical (unpaired) electrons. The summed E-state index contributed by atoms with van der Waals surface area (Å²) in [4.78, 5) is 0. The summed E-state index contributed by atoms with van der Waals surface area (Å²) in [5.74, 6) is 13.6. The van der Waals surface area contributed by atoms with Gasteiger partial charge >= 0.3 is 0 Å². The van der Waals surface area contributed by atoms with Crippen LogP contribution in [-0.4, -0.2) is 5.11 Å². The van der Waals surface area contributed by atoms with Crippen molar-refractivity contribution in [3.8, 4) is 5.75 Å². The summed E-state index contributed by atoms with van der Waals surface area (Å²) in [6.07, 6.45) is 23.2. The molecule has 1 aromatic carbocycles. The average molecular weight is 451 g/mol. The molecular weight excluding hydrogens is 412 g/mol. The van der Waals surface area contributed by atoms with Gasteiger partial charge in [-0.3, -0.25) is 0 Å². The largest absolute Gasteiger partial charge is 0.508 e. The highest BCUT2D eigenvalue weighted by Crippen LogP contribution is 2.70. The Morgan fingerprint density at radius 1 is 0.765 bits per heavy atom. The van der Waals surface area contributed by atoms with Gasteiger partial charge in [-0.05, 0) is 145 Å². The lowest BCUT2D eigenvalue weighted by Crippen LogP contribution is -2.33. The van der Waals surface area contributed by atoms with Crippen LogP contribution in [0.5, 0.6) is 5.75 Å². The van der Waals surface area contributed by atoms with Crippen LogP contribution in [0.25, 0.3) is 0 Å². The maximum absolute atomic E-state index is 10.4. The molecule has 1 nitrogen and oxygen atoms in total. The van der Waals surface area contributed by atoms with Gasteiger partial charge in [0.05, 0.1) is 0 Å². The van der Waals surface area contributed by atoms with Crippen molar-refractivity contribution in [3.63, 3.8) is 0 Å². The predicted molar refractivity (Wildman–Crippen MR) is 135 cm³/mol. The predicted octanol–water partition coefficient (Wildman–Crippen LogP) is 7.05. The molecular formula is C33H38O. The molecule has 0 heterocycles. The van der Waals surface area contributed by atoms with Crippen LogP contribution in [0.3, 0.4) is 0 Å². The first kappa shape index (κ1) is 19.4. The van der Waals surface area contributed by atoms with Crippen LogP contribution in [0.2, 0.25) is 0 Å². The zero-order valence-corrected chi connectivity index (χ0v) is 20.2. The number of aromatic hydroxyl groups is 1. The van der Waals surface area contributed by atoms with E-state index in [0.29, 0.717) is 5.75 Å². The van der Waals surface area contributed by atoms with Crippen molar-refractivity contribution >= 4 is 0 Å². The number of allylic oxidation sites excluding steroid dienone is 6. The Balaban J connectivity index is 0.932. The number of para-hydroxylation sites is 1. The molecule has 8 bridgehead atoms. The van der Waals surface area contributed by atoms with Crippen LogP contribution >= 0.6 is 0 Å². The van der Waals surface area contributed by atoms with Gasteiger partial charge in [0.2, 0.25) is 0 Å². The lowest BCUT2D eigenvalue weighted by molar-refractivity contribution is 0.146. The van der Waals surface area contributed by atoms with Crippen LogP contribution in [0.15, 0.2) is 60.2 Å². The summed E-state index contributed by atoms with van der Waals surface area (Å²) in [6, 6.07) is 8.08. The molecule has 0 saturated heterocycles. The number of phenolic OH excluding ortho intramolecular Hbond substituents is 1. The molecule has 1 heteroatoms. The second kappa shape index (κ2) is 6.71. The Kier molecular flexibility index (Phi) is 3.84. The third-order valence-electron chi connectivity index (χ3n) is 12.9. The molecule has 0 aromatic heterocycles. The Bertz CT molecular complexity index is 1130. The monoisotopic (exact) mass is 450 g/mol. The average Bonchev–Trinajstić information content (AvgIpc) is 3.68. The molecule has 6 saturated carbocycles. The Morgan fingerprint density at radius 2 is 1.56 bits per heavy atom. The smallest absolute Gasteiger partial charge is 0.118 e. The number of hydrogen-bond acceptors (Lipinski definition) is 1. The van der Waals surface area contributed by atoms with Crippen molar-refractivity contribution < 1.29 is 5.11 Å². The van der Waals surface area contributed by atoms with Crippen LogP contribution in [0.1, 0.15) is 44.1 Å². The summed E-state index contributed by atoms with van der Waals surface area (Å²) in [7, 11) is 0. The minimum absolute atomic E-state index is 0.511. The second-order valence-electron chi connectivity index (χ2n) is 13.8. The topological polar surface area (TPSA) is 20.2 Å². The molecule has 176 valence electrons. The van der Waals surface area contributed by atoms with E-state index in [-0.39, 0.29) is 0 Å². The van der Waals surface area contributed by atoms with Crippen molar-refractivity contribution in [2.45, 2.75) is 44.9 Å². The lowest BCUT2D eigenvalue weighted by Gasteiger charge is -2.38. The molecule has 14 unspecified atom stereocenters. The third-order valence-corrected chi connectivity index (χ3v) is 12.9. The molecule has 6 fully saturated rings. The van der Waals surface area contributed by atoms with E-state index in [1.54, 1.807) is 5.57 Å². The van der Waals surface area contributed by atoms with Crippen molar-refractivity contribution in [1.82, 2.24) is 0 Å². The quantitative estimate of drug-likeness (QED) is 0.385. The minimum Gasteiger partial charge on any atom is -0.508 e. The first-order valence-corrected chi connectivity index (χ1v) is 14.6. The van der Waals surface area contributed by atoms with Gasteiger partial charge in [0, 0.05) is 0 Å².